The van der Waals surface area contributed by atoms with Gasteiger partial charge in [0.05, 0.1) is 12.8 Å². The fourth-order valence-electron chi connectivity index (χ4n) is 1.21. The number of carbonyl (C=O) groups excluding carboxylic acids is 1. The van der Waals surface area contributed by atoms with E-state index in [9.17, 15) is 4.79 Å². The molecular formula is C9H13NO4. The maximum absolute atomic E-state index is 11.3. The van der Waals surface area contributed by atoms with Gasteiger partial charge in [-0.2, -0.15) is 0 Å². The lowest BCUT2D eigenvalue weighted by Crippen LogP contribution is -2.06. The highest BCUT2D eigenvalue weighted by atomic mass is 16.5. The van der Waals surface area contributed by atoms with Gasteiger partial charge in [-0.1, -0.05) is 18.5 Å². The number of aliphatic hydroxyl groups excluding tert-OH is 1. The first-order chi connectivity index (χ1) is 6.74. The van der Waals surface area contributed by atoms with Gasteiger partial charge in [0.2, 0.25) is 0 Å². The maximum atomic E-state index is 11.3. The number of methoxy groups -OCH3 is 1. The topological polar surface area (TPSA) is 72.6 Å². The van der Waals surface area contributed by atoms with Crippen LogP contribution in [0.4, 0.5) is 0 Å². The van der Waals surface area contributed by atoms with Crippen LogP contribution in [0, 0.1) is 0 Å². The summed E-state index contributed by atoms with van der Waals surface area (Å²) >= 11 is 0. The van der Waals surface area contributed by atoms with E-state index in [0.29, 0.717) is 12.1 Å². The Morgan fingerprint density at radius 2 is 2.36 bits per heavy atom. The summed E-state index contributed by atoms with van der Waals surface area (Å²) in [7, 11) is 1.28. The third kappa shape index (κ3) is 1.93. The van der Waals surface area contributed by atoms with Gasteiger partial charge in [-0.15, -0.1) is 0 Å². The molecule has 5 heteroatoms. The van der Waals surface area contributed by atoms with Crippen LogP contribution in [0.3, 0.4) is 0 Å². The molecular weight excluding hydrogens is 186 g/mol. The van der Waals surface area contributed by atoms with Gasteiger partial charge >= 0.3 is 5.97 Å². The molecule has 0 fully saturated rings. The number of ether oxygens (including phenoxy) is 1. The third-order valence-electron chi connectivity index (χ3n) is 1.85. The standard InChI is InChI=1S/C9H13NO4/c1-3-4-6-8(9(12)13-2)7(5-11)14-10-6/h11H,3-5H2,1-2H3. The van der Waals surface area contributed by atoms with Crippen LogP contribution in [0.25, 0.3) is 0 Å². The first-order valence-corrected chi connectivity index (χ1v) is 4.41. The van der Waals surface area contributed by atoms with E-state index in [-0.39, 0.29) is 17.9 Å². The molecule has 1 aromatic rings. The van der Waals surface area contributed by atoms with Crippen molar-refractivity contribution in [1.82, 2.24) is 5.16 Å². The summed E-state index contributed by atoms with van der Waals surface area (Å²) in [6.45, 7) is 1.62. The molecule has 0 unspecified atom stereocenters. The van der Waals surface area contributed by atoms with Crippen molar-refractivity contribution in [3.8, 4) is 0 Å². The summed E-state index contributed by atoms with van der Waals surface area (Å²) in [5.41, 5.74) is 0.806. The molecule has 78 valence electrons. The molecule has 0 spiro atoms. The Morgan fingerprint density at radius 1 is 1.64 bits per heavy atom. The Kier molecular flexibility index (Phi) is 3.64. The summed E-state index contributed by atoms with van der Waals surface area (Å²) in [5, 5.41) is 12.6. The van der Waals surface area contributed by atoms with Crippen LogP contribution in [0.1, 0.15) is 35.2 Å². The van der Waals surface area contributed by atoms with E-state index in [1.54, 1.807) is 0 Å². The molecule has 0 saturated carbocycles. The summed E-state index contributed by atoms with van der Waals surface area (Å²) in [5.74, 6) is -0.348. The molecule has 0 aliphatic heterocycles. The Morgan fingerprint density at radius 3 is 2.86 bits per heavy atom. The maximum Gasteiger partial charge on any atom is 0.343 e. The van der Waals surface area contributed by atoms with Crippen molar-refractivity contribution in [1.29, 1.82) is 0 Å². The number of aromatic nitrogens is 1. The monoisotopic (exact) mass is 199 g/mol. The number of hydrogen-bond acceptors (Lipinski definition) is 5. The normalized spacial score (nSPS) is 10.2. The first kappa shape index (κ1) is 10.7. The van der Waals surface area contributed by atoms with Gasteiger partial charge in [0.15, 0.2) is 5.76 Å². The molecule has 0 atom stereocenters. The minimum Gasteiger partial charge on any atom is -0.465 e. The van der Waals surface area contributed by atoms with E-state index < -0.39 is 5.97 Å². The summed E-state index contributed by atoms with van der Waals surface area (Å²) in [4.78, 5) is 11.3. The molecule has 14 heavy (non-hydrogen) atoms. The van der Waals surface area contributed by atoms with Crippen LogP contribution in [0.15, 0.2) is 4.52 Å². The van der Waals surface area contributed by atoms with Crippen LogP contribution in [0.5, 0.6) is 0 Å². The van der Waals surface area contributed by atoms with Crippen LogP contribution < -0.4 is 0 Å². The number of rotatable bonds is 4. The molecule has 0 aliphatic rings. The molecule has 1 heterocycles. The molecule has 1 rings (SSSR count). The second-order valence-electron chi connectivity index (χ2n) is 2.83. The number of aliphatic hydroxyl groups is 1. The zero-order chi connectivity index (χ0) is 10.6. The van der Waals surface area contributed by atoms with E-state index in [4.69, 9.17) is 9.63 Å². The minimum absolute atomic E-state index is 0.167. The average molecular weight is 199 g/mol. The second-order valence-corrected chi connectivity index (χ2v) is 2.83. The largest absolute Gasteiger partial charge is 0.465 e. The number of aryl methyl sites for hydroxylation is 1. The van der Waals surface area contributed by atoms with Gasteiger partial charge in [0.25, 0.3) is 0 Å². The Balaban J connectivity index is 3.05. The van der Waals surface area contributed by atoms with Crippen molar-refractivity contribution in [2.75, 3.05) is 7.11 Å². The van der Waals surface area contributed by atoms with Crippen molar-refractivity contribution in [2.24, 2.45) is 0 Å². The van der Waals surface area contributed by atoms with Crippen molar-refractivity contribution in [2.45, 2.75) is 26.4 Å². The van der Waals surface area contributed by atoms with Gasteiger partial charge in [0.1, 0.15) is 12.2 Å². The quantitative estimate of drug-likeness (QED) is 0.729. The van der Waals surface area contributed by atoms with Crippen LogP contribution >= 0.6 is 0 Å². The molecule has 0 aliphatic carbocycles. The van der Waals surface area contributed by atoms with Gasteiger partial charge in [-0.05, 0) is 6.42 Å². The number of carbonyl (C=O) groups is 1. The lowest BCUT2D eigenvalue weighted by Gasteiger charge is -1.98. The zero-order valence-corrected chi connectivity index (χ0v) is 8.24. The summed E-state index contributed by atoms with van der Waals surface area (Å²) in [6.07, 6.45) is 1.48. The lowest BCUT2D eigenvalue weighted by atomic mass is 10.1. The van der Waals surface area contributed by atoms with E-state index in [2.05, 4.69) is 9.89 Å². The molecule has 0 aromatic carbocycles. The molecule has 0 bridgehead atoms. The number of hydrogen-bond donors (Lipinski definition) is 1. The average Bonchev–Trinajstić information content (AvgIpc) is 2.60. The molecule has 0 saturated heterocycles. The third-order valence-corrected chi connectivity index (χ3v) is 1.85. The Hall–Kier alpha value is -1.36. The molecule has 1 N–H and O–H groups in total. The fourth-order valence-corrected chi connectivity index (χ4v) is 1.21. The predicted octanol–water partition coefficient (Wildman–Crippen LogP) is 0.906. The van der Waals surface area contributed by atoms with Crippen LogP contribution in [-0.4, -0.2) is 23.3 Å². The second kappa shape index (κ2) is 4.76. The predicted molar refractivity (Wildman–Crippen MR) is 47.8 cm³/mol. The van der Waals surface area contributed by atoms with E-state index in [1.807, 2.05) is 6.92 Å². The molecule has 0 amide bonds. The first-order valence-electron chi connectivity index (χ1n) is 4.41. The smallest absolute Gasteiger partial charge is 0.343 e. The minimum atomic E-state index is -0.515. The lowest BCUT2D eigenvalue weighted by molar-refractivity contribution is 0.0593. The van der Waals surface area contributed by atoms with Crippen molar-refractivity contribution < 1.29 is 19.2 Å². The zero-order valence-electron chi connectivity index (χ0n) is 8.24. The highest BCUT2D eigenvalue weighted by Crippen LogP contribution is 2.16. The molecule has 0 radical (unpaired) electrons. The summed E-state index contributed by atoms with van der Waals surface area (Å²) < 4.78 is 9.39. The Labute approximate surface area is 81.7 Å². The Bertz CT molecular complexity index is 319. The summed E-state index contributed by atoms with van der Waals surface area (Å²) in [6, 6.07) is 0. The molecule has 5 nitrogen and oxygen atoms in total. The van der Waals surface area contributed by atoms with Gasteiger partial charge in [0, 0.05) is 0 Å². The molecule has 1 aromatic heterocycles. The van der Waals surface area contributed by atoms with E-state index in [1.165, 1.54) is 7.11 Å². The highest BCUT2D eigenvalue weighted by Gasteiger charge is 2.22. The van der Waals surface area contributed by atoms with Crippen LogP contribution in [-0.2, 0) is 17.8 Å². The van der Waals surface area contributed by atoms with Gasteiger partial charge < -0.3 is 14.4 Å². The van der Waals surface area contributed by atoms with Gasteiger partial charge in [-0.25, -0.2) is 4.79 Å². The number of nitrogens with zero attached hydrogens (tertiary/aromatic N) is 1. The van der Waals surface area contributed by atoms with E-state index >= 15 is 0 Å². The van der Waals surface area contributed by atoms with Crippen molar-refractivity contribution >= 4 is 5.97 Å². The van der Waals surface area contributed by atoms with Crippen molar-refractivity contribution in [3.05, 3.63) is 17.0 Å². The van der Waals surface area contributed by atoms with Crippen molar-refractivity contribution in [3.63, 3.8) is 0 Å². The van der Waals surface area contributed by atoms with Gasteiger partial charge in [-0.3, -0.25) is 0 Å². The number of esters is 1. The highest BCUT2D eigenvalue weighted by molar-refractivity contribution is 5.91. The van der Waals surface area contributed by atoms with E-state index in [0.717, 1.165) is 6.42 Å². The van der Waals surface area contributed by atoms with Crippen LogP contribution in [0.2, 0.25) is 0 Å². The fraction of sp³-hybridized carbons (Fsp3) is 0.556. The SMILES string of the molecule is CCCc1noc(CO)c1C(=O)OC.